The van der Waals surface area contributed by atoms with Gasteiger partial charge >= 0.3 is 0 Å². The molecule has 0 saturated carbocycles. The summed E-state index contributed by atoms with van der Waals surface area (Å²) in [5, 5.41) is 2.89. The highest BCUT2D eigenvalue weighted by Gasteiger charge is 2.33. The Bertz CT molecular complexity index is 1330. The van der Waals surface area contributed by atoms with Gasteiger partial charge in [-0.05, 0) is 61.7 Å². The van der Waals surface area contributed by atoms with Crippen LogP contribution in [0.1, 0.15) is 37.8 Å². The number of nitrogens with one attached hydrogen (secondary N) is 1. The highest BCUT2D eigenvalue weighted by Crippen LogP contribution is 2.26. The predicted molar refractivity (Wildman–Crippen MR) is 153 cm³/mol. The predicted octanol–water partition coefficient (Wildman–Crippen LogP) is 4.53. The summed E-state index contributed by atoms with van der Waals surface area (Å²) in [7, 11) is -2.63. The molecule has 0 aliphatic heterocycles. The molecule has 1 atom stereocenters. The van der Waals surface area contributed by atoms with Crippen molar-refractivity contribution in [1.82, 2.24) is 10.2 Å². The molecule has 0 aromatic heterocycles. The van der Waals surface area contributed by atoms with Crippen molar-refractivity contribution in [2.75, 3.05) is 24.5 Å². The fraction of sp³-hybridized carbons (Fsp3) is 0.333. The van der Waals surface area contributed by atoms with Crippen LogP contribution in [0.25, 0.3) is 0 Å². The molecule has 3 rings (SSSR count). The molecule has 9 heteroatoms. The topological polar surface area (TPSA) is 96.0 Å². The molecular formula is C30H37N3O5S. The lowest BCUT2D eigenvalue weighted by atomic mass is 10.1. The summed E-state index contributed by atoms with van der Waals surface area (Å²) in [5.74, 6) is -0.219. The standard InChI is InChI=1S/C30H37N3O5S/c1-5-20-31-30(35)28(6-2)32(21-24-10-8-7-9-11-24)29(34)22-33(25-14-12-23(3)13-15-25)39(36,37)27-18-16-26(38-4)17-19-27/h7-19,28H,5-6,20-22H2,1-4H3,(H,31,35)/t28-/m0/s1. The molecule has 39 heavy (non-hydrogen) atoms. The number of hydrogen-bond donors (Lipinski definition) is 1. The van der Waals surface area contributed by atoms with Crippen molar-refractivity contribution in [1.29, 1.82) is 0 Å². The minimum absolute atomic E-state index is 0.0269. The van der Waals surface area contributed by atoms with E-state index < -0.39 is 28.5 Å². The van der Waals surface area contributed by atoms with Gasteiger partial charge in [-0.3, -0.25) is 13.9 Å². The lowest BCUT2D eigenvalue weighted by molar-refractivity contribution is -0.140. The third-order valence-electron chi connectivity index (χ3n) is 6.38. The maximum Gasteiger partial charge on any atom is 0.264 e. The Labute approximate surface area is 231 Å². The van der Waals surface area contributed by atoms with Gasteiger partial charge in [0.05, 0.1) is 17.7 Å². The summed E-state index contributed by atoms with van der Waals surface area (Å²) in [6.45, 7) is 5.89. The van der Waals surface area contributed by atoms with E-state index in [4.69, 9.17) is 4.74 Å². The first kappa shape index (κ1) is 29.7. The highest BCUT2D eigenvalue weighted by atomic mass is 32.2. The molecule has 3 aromatic rings. The third-order valence-corrected chi connectivity index (χ3v) is 8.17. The maximum atomic E-state index is 14.0. The summed E-state index contributed by atoms with van der Waals surface area (Å²) in [6, 6.07) is 21.6. The van der Waals surface area contributed by atoms with E-state index in [1.807, 2.05) is 51.1 Å². The Morgan fingerprint density at radius 1 is 0.923 bits per heavy atom. The van der Waals surface area contributed by atoms with E-state index in [1.165, 1.54) is 24.1 Å². The number of carbonyl (C=O) groups excluding carboxylic acids is 2. The lowest BCUT2D eigenvalue weighted by Crippen LogP contribution is -2.52. The normalized spacial score (nSPS) is 11.9. The fourth-order valence-electron chi connectivity index (χ4n) is 4.18. The maximum absolute atomic E-state index is 14.0. The number of carbonyl (C=O) groups is 2. The molecule has 0 radical (unpaired) electrons. The first-order valence-electron chi connectivity index (χ1n) is 13.1. The van der Waals surface area contributed by atoms with Crippen molar-refractivity contribution in [2.45, 2.75) is 51.1 Å². The van der Waals surface area contributed by atoms with E-state index in [-0.39, 0.29) is 17.3 Å². The quantitative estimate of drug-likeness (QED) is 0.337. The average Bonchev–Trinajstić information content (AvgIpc) is 2.95. The molecule has 0 unspecified atom stereocenters. The number of hydrogen-bond acceptors (Lipinski definition) is 5. The highest BCUT2D eigenvalue weighted by molar-refractivity contribution is 7.92. The van der Waals surface area contributed by atoms with Crippen LogP contribution in [0.4, 0.5) is 5.69 Å². The smallest absolute Gasteiger partial charge is 0.264 e. The van der Waals surface area contributed by atoms with Gasteiger partial charge in [0, 0.05) is 13.1 Å². The minimum atomic E-state index is -4.13. The monoisotopic (exact) mass is 551 g/mol. The van der Waals surface area contributed by atoms with Gasteiger partial charge in [0.25, 0.3) is 10.0 Å². The SMILES string of the molecule is CCCNC(=O)[C@H](CC)N(Cc1ccccc1)C(=O)CN(c1ccc(C)cc1)S(=O)(=O)c1ccc(OC)cc1. The molecule has 2 amide bonds. The van der Waals surface area contributed by atoms with Gasteiger partial charge in [-0.1, -0.05) is 61.9 Å². The fourth-order valence-corrected chi connectivity index (χ4v) is 5.59. The Balaban J connectivity index is 2.03. The molecule has 0 aliphatic rings. The van der Waals surface area contributed by atoms with E-state index in [9.17, 15) is 18.0 Å². The van der Waals surface area contributed by atoms with Crippen LogP contribution >= 0.6 is 0 Å². The summed E-state index contributed by atoms with van der Waals surface area (Å²) in [4.78, 5) is 28.6. The Morgan fingerprint density at radius 3 is 2.13 bits per heavy atom. The van der Waals surface area contributed by atoms with Gasteiger partial charge in [0.15, 0.2) is 0 Å². The molecule has 208 valence electrons. The van der Waals surface area contributed by atoms with E-state index in [0.717, 1.165) is 21.9 Å². The number of rotatable bonds is 13. The number of amides is 2. The van der Waals surface area contributed by atoms with Gasteiger partial charge in [-0.2, -0.15) is 0 Å². The van der Waals surface area contributed by atoms with Crippen LogP contribution in [0.2, 0.25) is 0 Å². The Kier molecular flexibility index (Phi) is 10.5. The molecule has 1 N–H and O–H groups in total. The zero-order valence-corrected chi connectivity index (χ0v) is 23.8. The van der Waals surface area contributed by atoms with Crippen LogP contribution in [-0.2, 0) is 26.2 Å². The number of ether oxygens (including phenoxy) is 1. The summed E-state index contributed by atoms with van der Waals surface area (Å²) in [6.07, 6.45) is 1.14. The van der Waals surface area contributed by atoms with Crippen LogP contribution in [0.3, 0.4) is 0 Å². The van der Waals surface area contributed by atoms with Crippen LogP contribution in [-0.4, -0.2) is 51.4 Å². The summed E-state index contributed by atoms with van der Waals surface area (Å²) < 4.78 is 34.0. The molecule has 0 bridgehead atoms. The third kappa shape index (κ3) is 7.60. The van der Waals surface area contributed by atoms with Crippen molar-refractivity contribution in [3.05, 3.63) is 90.0 Å². The number of benzene rings is 3. The Hall–Kier alpha value is -3.85. The Morgan fingerprint density at radius 2 is 1.56 bits per heavy atom. The zero-order chi connectivity index (χ0) is 28.4. The van der Waals surface area contributed by atoms with Gasteiger partial charge in [-0.15, -0.1) is 0 Å². The van der Waals surface area contributed by atoms with Gasteiger partial charge in [-0.25, -0.2) is 8.42 Å². The number of sulfonamides is 1. The number of nitrogens with zero attached hydrogens (tertiary/aromatic N) is 2. The largest absolute Gasteiger partial charge is 0.497 e. The molecule has 0 saturated heterocycles. The second-order valence-electron chi connectivity index (χ2n) is 9.25. The lowest BCUT2D eigenvalue weighted by Gasteiger charge is -2.33. The van der Waals surface area contributed by atoms with Crippen molar-refractivity contribution in [2.24, 2.45) is 0 Å². The molecule has 0 aliphatic carbocycles. The van der Waals surface area contributed by atoms with Crippen LogP contribution in [0.5, 0.6) is 5.75 Å². The van der Waals surface area contributed by atoms with E-state index in [2.05, 4.69) is 5.32 Å². The van der Waals surface area contributed by atoms with Crippen molar-refractivity contribution in [3.8, 4) is 5.75 Å². The van der Waals surface area contributed by atoms with Crippen molar-refractivity contribution in [3.63, 3.8) is 0 Å². The molecule has 0 fully saturated rings. The summed E-state index contributed by atoms with van der Waals surface area (Å²) >= 11 is 0. The van der Waals surface area contributed by atoms with Crippen LogP contribution in [0.15, 0.2) is 83.8 Å². The van der Waals surface area contributed by atoms with Gasteiger partial charge < -0.3 is 15.0 Å². The number of anilines is 1. The average molecular weight is 552 g/mol. The second-order valence-corrected chi connectivity index (χ2v) is 11.1. The van der Waals surface area contributed by atoms with Crippen molar-refractivity contribution < 1.29 is 22.7 Å². The second kappa shape index (κ2) is 13.8. The van der Waals surface area contributed by atoms with Crippen molar-refractivity contribution >= 4 is 27.5 Å². The minimum Gasteiger partial charge on any atom is -0.497 e. The van der Waals surface area contributed by atoms with Crippen LogP contribution in [0, 0.1) is 6.92 Å². The van der Waals surface area contributed by atoms with E-state index in [1.54, 1.807) is 36.4 Å². The molecule has 0 spiro atoms. The van der Waals surface area contributed by atoms with E-state index in [0.29, 0.717) is 24.4 Å². The number of aryl methyl sites for hydroxylation is 1. The molecule has 0 heterocycles. The first-order chi connectivity index (χ1) is 18.7. The molecular weight excluding hydrogens is 514 g/mol. The van der Waals surface area contributed by atoms with Gasteiger partial charge in [0.2, 0.25) is 11.8 Å². The number of methoxy groups -OCH3 is 1. The molecule has 8 nitrogen and oxygen atoms in total. The van der Waals surface area contributed by atoms with Crippen LogP contribution < -0.4 is 14.4 Å². The molecule has 3 aromatic carbocycles. The van der Waals surface area contributed by atoms with Gasteiger partial charge in [0.1, 0.15) is 18.3 Å². The van der Waals surface area contributed by atoms with E-state index >= 15 is 0 Å². The first-order valence-corrected chi connectivity index (χ1v) is 14.5. The summed E-state index contributed by atoms with van der Waals surface area (Å²) in [5.41, 5.74) is 2.15. The zero-order valence-electron chi connectivity index (χ0n) is 23.0.